The molecule has 0 unspecified atom stereocenters. The molecule has 6 rings (SSSR count). The van der Waals surface area contributed by atoms with Gasteiger partial charge < -0.3 is 10.1 Å². The largest absolute Gasteiger partial charge is 0.497 e. The SMILES string of the molecule is COc1ccc(C2=C(Nc3ncc(C#N)cn3)Cc3c(-c4ccccc4)c(-c4ccccc4)nn3C2=O)cc1. The molecule has 8 nitrogen and oxygen atoms in total. The molecule has 8 heteroatoms. The maximum atomic E-state index is 14.2. The van der Waals surface area contributed by atoms with Crippen LogP contribution in [0.1, 0.15) is 21.6 Å². The van der Waals surface area contributed by atoms with Gasteiger partial charge in [0.05, 0.1) is 36.3 Å². The van der Waals surface area contributed by atoms with Crippen LogP contribution in [0.2, 0.25) is 0 Å². The molecule has 0 atom stereocenters. The van der Waals surface area contributed by atoms with Crippen molar-refractivity contribution in [1.29, 1.82) is 5.26 Å². The number of hydrogen-bond acceptors (Lipinski definition) is 7. The number of anilines is 1. The Morgan fingerprint density at radius 3 is 2.13 bits per heavy atom. The van der Waals surface area contributed by atoms with Gasteiger partial charge in [-0.15, -0.1) is 0 Å². The molecule has 0 saturated carbocycles. The Morgan fingerprint density at radius 1 is 0.872 bits per heavy atom. The number of hydrogen-bond donors (Lipinski definition) is 1. The van der Waals surface area contributed by atoms with Gasteiger partial charge in [-0.05, 0) is 23.3 Å². The highest BCUT2D eigenvalue weighted by molar-refractivity contribution is 6.23. The fourth-order valence-corrected chi connectivity index (χ4v) is 4.73. The molecule has 3 aromatic carbocycles. The van der Waals surface area contributed by atoms with Crippen LogP contribution in [0.25, 0.3) is 28.0 Å². The summed E-state index contributed by atoms with van der Waals surface area (Å²) in [7, 11) is 1.60. The molecule has 0 aliphatic carbocycles. The van der Waals surface area contributed by atoms with E-state index in [0.717, 1.165) is 28.1 Å². The third-order valence-corrected chi connectivity index (χ3v) is 6.57. The molecule has 1 aliphatic heterocycles. The maximum Gasteiger partial charge on any atom is 0.280 e. The monoisotopic (exact) mass is 510 g/mol. The second-order valence-electron chi connectivity index (χ2n) is 8.91. The van der Waals surface area contributed by atoms with Crippen molar-refractivity contribution in [3.05, 3.63) is 120 Å². The number of nitrogens with zero attached hydrogens (tertiary/aromatic N) is 5. The number of methoxy groups -OCH3 is 1. The van der Waals surface area contributed by atoms with E-state index >= 15 is 0 Å². The fraction of sp³-hybridized carbons (Fsp3) is 0.0645. The van der Waals surface area contributed by atoms with E-state index in [0.29, 0.717) is 40.5 Å². The van der Waals surface area contributed by atoms with Crippen LogP contribution in [0.15, 0.2) is 103 Å². The molecule has 0 spiro atoms. The lowest BCUT2D eigenvalue weighted by molar-refractivity contribution is 0.0958. The van der Waals surface area contributed by atoms with Gasteiger partial charge in [-0.1, -0.05) is 72.8 Å². The molecule has 0 bridgehead atoms. The van der Waals surface area contributed by atoms with Crippen molar-refractivity contribution in [2.24, 2.45) is 0 Å². The number of rotatable bonds is 6. The van der Waals surface area contributed by atoms with Crippen LogP contribution in [0.3, 0.4) is 0 Å². The number of aromatic nitrogens is 4. The molecule has 0 saturated heterocycles. The summed E-state index contributed by atoms with van der Waals surface area (Å²) in [4.78, 5) is 22.8. The van der Waals surface area contributed by atoms with Gasteiger partial charge in [0.25, 0.3) is 5.91 Å². The minimum absolute atomic E-state index is 0.267. The average molecular weight is 511 g/mol. The zero-order valence-corrected chi connectivity index (χ0v) is 21.0. The molecule has 1 N–H and O–H groups in total. The number of carbonyl (C=O) groups is 1. The minimum Gasteiger partial charge on any atom is -0.497 e. The first-order valence-corrected chi connectivity index (χ1v) is 12.3. The van der Waals surface area contributed by atoms with Crippen molar-refractivity contribution in [3.63, 3.8) is 0 Å². The number of fused-ring (bicyclic) bond motifs is 1. The molecule has 2 aromatic heterocycles. The summed E-state index contributed by atoms with van der Waals surface area (Å²) in [5, 5.41) is 17.3. The Morgan fingerprint density at radius 2 is 1.51 bits per heavy atom. The number of allylic oxidation sites excluding steroid dienone is 2. The third-order valence-electron chi connectivity index (χ3n) is 6.57. The summed E-state index contributed by atoms with van der Waals surface area (Å²) >= 11 is 0. The molecule has 0 radical (unpaired) electrons. The van der Waals surface area contributed by atoms with E-state index in [1.165, 1.54) is 17.1 Å². The van der Waals surface area contributed by atoms with E-state index in [1.54, 1.807) is 7.11 Å². The predicted octanol–water partition coefficient (Wildman–Crippen LogP) is 5.61. The van der Waals surface area contributed by atoms with Crippen LogP contribution in [0, 0.1) is 11.3 Å². The van der Waals surface area contributed by atoms with Crippen LogP contribution in [0.5, 0.6) is 5.75 Å². The molecular formula is C31H22N6O2. The standard InChI is InChI=1S/C31H22N6O2/c1-39-24-14-12-22(13-15-24)27-25(35-31-33-18-20(17-32)19-34-31)16-26-28(21-8-4-2-5-9-21)29(36-37(26)30(27)38)23-10-6-3-7-11-23/h2-15,18-19H,16H2,1H3,(H,33,34,35). The number of carbonyl (C=O) groups excluding carboxylic acids is 1. The van der Waals surface area contributed by atoms with Gasteiger partial charge in [-0.3, -0.25) is 4.79 Å². The number of nitrogens with one attached hydrogen (secondary N) is 1. The average Bonchev–Trinajstić information content (AvgIpc) is 3.38. The lowest BCUT2D eigenvalue weighted by atomic mass is 9.92. The minimum atomic E-state index is -0.267. The highest BCUT2D eigenvalue weighted by Crippen LogP contribution is 2.40. The quantitative estimate of drug-likeness (QED) is 0.317. The van der Waals surface area contributed by atoms with E-state index in [9.17, 15) is 4.79 Å². The Bertz CT molecular complexity index is 1730. The summed E-state index contributed by atoms with van der Waals surface area (Å²) in [6.45, 7) is 0. The summed E-state index contributed by atoms with van der Waals surface area (Å²) in [6, 6.07) is 29.2. The summed E-state index contributed by atoms with van der Waals surface area (Å²) < 4.78 is 6.83. The van der Waals surface area contributed by atoms with Crippen LogP contribution in [-0.4, -0.2) is 32.8 Å². The zero-order chi connectivity index (χ0) is 26.8. The number of ether oxygens (including phenoxy) is 1. The highest BCUT2D eigenvalue weighted by atomic mass is 16.5. The van der Waals surface area contributed by atoms with Crippen molar-refractivity contribution < 1.29 is 9.53 Å². The van der Waals surface area contributed by atoms with Gasteiger partial charge in [0.1, 0.15) is 17.5 Å². The molecule has 3 heterocycles. The number of benzene rings is 3. The lowest BCUT2D eigenvalue weighted by Crippen LogP contribution is -2.27. The first-order valence-electron chi connectivity index (χ1n) is 12.3. The van der Waals surface area contributed by atoms with Gasteiger partial charge in [-0.2, -0.15) is 15.0 Å². The van der Waals surface area contributed by atoms with Gasteiger partial charge in [0, 0.05) is 23.2 Å². The first-order chi connectivity index (χ1) is 19.2. The predicted molar refractivity (Wildman–Crippen MR) is 148 cm³/mol. The molecule has 188 valence electrons. The summed E-state index contributed by atoms with van der Waals surface area (Å²) in [5.41, 5.74) is 6.42. The van der Waals surface area contributed by atoms with Crippen molar-refractivity contribution in [1.82, 2.24) is 19.7 Å². The Labute approximate surface area is 224 Å². The molecule has 0 amide bonds. The van der Waals surface area contributed by atoms with Crippen LogP contribution >= 0.6 is 0 Å². The van der Waals surface area contributed by atoms with Gasteiger partial charge in [0.2, 0.25) is 5.95 Å². The molecule has 39 heavy (non-hydrogen) atoms. The summed E-state index contributed by atoms with van der Waals surface area (Å²) in [5.74, 6) is 0.710. The normalized spacial score (nSPS) is 12.6. The second kappa shape index (κ2) is 10.1. The topological polar surface area (TPSA) is 106 Å². The van der Waals surface area contributed by atoms with E-state index in [2.05, 4.69) is 15.3 Å². The van der Waals surface area contributed by atoms with Crippen molar-refractivity contribution in [2.75, 3.05) is 12.4 Å². The van der Waals surface area contributed by atoms with Gasteiger partial charge in [0.15, 0.2) is 0 Å². The third kappa shape index (κ3) is 4.43. The van der Waals surface area contributed by atoms with Gasteiger partial charge in [-0.25, -0.2) is 9.97 Å². The van der Waals surface area contributed by atoms with Crippen LogP contribution in [-0.2, 0) is 6.42 Å². The van der Waals surface area contributed by atoms with E-state index in [4.69, 9.17) is 15.1 Å². The van der Waals surface area contributed by atoms with E-state index < -0.39 is 0 Å². The maximum absolute atomic E-state index is 14.2. The Balaban J connectivity index is 1.54. The van der Waals surface area contributed by atoms with Crippen molar-refractivity contribution in [2.45, 2.75) is 6.42 Å². The highest BCUT2D eigenvalue weighted by Gasteiger charge is 2.33. The van der Waals surface area contributed by atoms with E-state index in [1.807, 2.05) is 91.0 Å². The van der Waals surface area contributed by atoms with Crippen molar-refractivity contribution in [3.8, 4) is 34.2 Å². The summed E-state index contributed by atoms with van der Waals surface area (Å²) in [6.07, 6.45) is 3.27. The fourth-order valence-electron chi connectivity index (χ4n) is 4.73. The molecule has 5 aromatic rings. The number of nitriles is 1. The molecule has 1 aliphatic rings. The first kappa shape index (κ1) is 23.8. The Hall–Kier alpha value is -5.55. The van der Waals surface area contributed by atoms with Gasteiger partial charge >= 0.3 is 0 Å². The van der Waals surface area contributed by atoms with Crippen LogP contribution in [0.4, 0.5) is 5.95 Å². The zero-order valence-electron chi connectivity index (χ0n) is 21.0. The lowest BCUT2D eigenvalue weighted by Gasteiger charge is -2.22. The van der Waals surface area contributed by atoms with Crippen LogP contribution < -0.4 is 10.1 Å². The smallest absolute Gasteiger partial charge is 0.280 e. The Kier molecular flexibility index (Phi) is 6.15. The van der Waals surface area contributed by atoms with Crippen molar-refractivity contribution >= 4 is 17.4 Å². The van der Waals surface area contributed by atoms with E-state index in [-0.39, 0.29) is 5.91 Å². The molecular weight excluding hydrogens is 488 g/mol. The molecule has 0 fully saturated rings. The second-order valence-corrected chi connectivity index (χ2v) is 8.91.